The van der Waals surface area contributed by atoms with E-state index in [0.29, 0.717) is 57.7 Å². The van der Waals surface area contributed by atoms with Gasteiger partial charge in [0.15, 0.2) is 28.7 Å². The van der Waals surface area contributed by atoms with Gasteiger partial charge in [-0.15, -0.1) is 0 Å². The highest BCUT2D eigenvalue weighted by atomic mass is 79.9. The van der Waals surface area contributed by atoms with Crippen molar-refractivity contribution in [3.63, 3.8) is 0 Å². The Hall–Kier alpha value is -6.85. The topological polar surface area (TPSA) is 166 Å². The van der Waals surface area contributed by atoms with E-state index in [4.69, 9.17) is 18.9 Å². The van der Waals surface area contributed by atoms with Gasteiger partial charge in [0.1, 0.15) is 0 Å². The Morgan fingerprint density at radius 2 is 1.21 bits per heavy atom. The molecule has 1 aromatic heterocycles. The average molecular weight is 904 g/mol. The van der Waals surface area contributed by atoms with E-state index in [0.717, 1.165) is 32.1 Å². The first kappa shape index (κ1) is 46.2. The predicted molar refractivity (Wildman–Crippen MR) is 245 cm³/mol. The molecule has 0 atom stereocenters. The number of carbonyl (C=O) groups is 3. The number of nitrogens with one attached hydrogen (secondary N) is 3. The van der Waals surface area contributed by atoms with E-state index >= 15 is 0 Å². The first-order valence-electron chi connectivity index (χ1n) is 19.6. The predicted octanol–water partition coefficient (Wildman–Crippen LogP) is 9.38. The van der Waals surface area contributed by atoms with E-state index < -0.39 is 5.41 Å². The standard InChI is InChI=1S/C29H32N4O4.C19H19BrN2O3/c1-18-15-20(31-27(34)19-11-14-24(36-5)25(16-19)37-6)12-13-22(18)29(2,3)17-30-28(35)26-21-9-7-8-10-23(21)33(4)32-26;1-19(2,11-21)14-7-6-13(10-15(14)20)22-18(23)12-5-8-16(24-3)17(9-12)25-4/h7-16H,17H2,1-6H3,(H,30,35)(H,31,34);5-10H,1-4H3,(H,22,23). The molecule has 0 saturated carbocycles. The van der Waals surface area contributed by atoms with Crippen molar-refractivity contribution >= 4 is 55.9 Å². The average Bonchev–Trinajstić information content (AvgIpc) is 3.61. The third-order valence-corrected chi connectivity index (χ3v) is 11.0. The van der Waals surface area contributed by atoms with E-state index in [-0.39, 0.29) is 23.1 Å². The Kier molecular flexibility index (Phi) is 14.7. The van der Waals surface area contributed by atoms with Crippen LogP contribution in [0.4, 0.5) is 11.4 Å². The summed E-state index contributed by atoms with van der Waals surface area (Å²) in [5, 5.41) is 23.3. The molecule has 0 unspecified atom stereocenters. The van der Waals surface area contributed by atoms with Crippen LogP contribution in [0.1, 0.15) is 75.6 Å². The van der Waals surface area contributed by atoms with Crippen LogP contribution in [0.5, 0.6) is 23.0 Å². The molecule has 0 fully saturated rings. The fraction of sp³-hybridized carbons (Fsp3) is 0.271. The zero-order valence-electron chi connectivity index (χ0n) is 36.5. The highest BCUT2D eigenvalue weighted by molar-refractivity contribution is 9.10. The summed E-state index contributed by atoms with van der Waals surface area (Å²) in [4.78, 5) is 38.3. The molecule has 0 radical (unpaired) electrons. The molecule has 0 aliphatic rings. The number of amides is 3. The first-order chi connectivity index (χ1) is 29.5. The second kappa shape index (κ2) is 19.7. The van der Waals surface area contributed by atoms with Crippen LogP contribution < -0.4 is 34.9 Å². The largest absolute Gasteiger partial charge is 0.493 e. The number of benzene rings is 5. The number of nitriles is 1. The molecule has 0 aliphatic heterocycles. The van der Waals surface area contributed by atoms with Crippen molar-refractivity contribution in [2.45, 2.75) is 45.4 Å². The van der Waals surface area contributed by atoms with Gasteiger partial charge in [0.25, 0.3) is 17.7 Å². The molecular formula is C48H51BrN6O7. The lowest BCUT2D eigenvalue weighted by atomic mass is 9.81. The molecule has 0 saturated heterocycles. The number of rotatable bonds is 13. The summed E-state index contributed by atoms with van der Waals surface area (Å²) in [6.07, 6.45) is 0. The number of halogens is 1. The van der Waals surface area contributed by atoms with E-state index in [1.165, 1.54) is 14.2 Å². The van der Waals surface area contributed by atoms with Crippen molar-refractivity contribution < 1.29 is 33.3 Å². The van der Waals surface area contributed by atoms with Crippen molar-refractivity contribution in [1.29, 1.82) is 5.26 Å². The van der Waals surface area contributed by atoms with Crippen LogP contribution >= 0.6 is 15.9 Å². The molecule has 5 aromatic carbocycles. The molecular weight excluding hydrogens is 852 g/mol. The van der Waals surface area contributed by atoms with Crippen molar-refractivity contribution in [1.82, 2.24) is 15.1 Å². The van der Waals surface area contributed by atoms with Crippen LogP contribution in [-0.4, -0.2) is 62.5 Å². The van der Waals surface area contributed by atoms with Crippen LogP contribution in [-0.2, 0) is 17.9 Å². The monoisotopic (exact) mass is 902 g/mol. The van der Waals surface area contributed by atoms with Crippen molar-refractivity contribution in [3.8, 4) is 29.1 Å². The number of hydrogen-bond donors (Lipinski definition) is 3. The van der Waals surface area contributed by atoms with Crippen LogP contribution in [0.3, 0.4) is 0 Å². The molecule has 3 amide bonds. The van der Waals surface area contributed by atoms with Gasteiger partial charge in [-0.05, 0) is 104 Å². The minimum Gasteiger partial charge on any atom is -0.493 e. The number of anilines is 2. The second-order valence-electron chi connectivity index (χ2n) is 15.6. The SMILES string of the molecule is COc1ccc(C(=O)Nc2ccc(C(C)(C)C#N)c(Br)c2)cc1OC.COc1ccc(C(=O)Nc2ccc(C(C)(C)CNC(=O)c3nn(C)c4ccccc34)c(C)c2)cc1OC. The Bertz CT molecular complexity index is 2670. The maximum Gasteiger partial charge on any atom is 0.272 e. The third kappa shape index (κ3) is 10.5. The molecule has 14 heteroatoms. The number of aryl methyl sites for hydroxylation is 2. The zero-order valence-corrected chi connectivity index (χ0v) is 38.1. The number of hydrogen-bond acceptors (Lipinski definition) is 9. The maximum atomic E-state index is 13.0. The molecule has 322 valence electrons. The number of ether oxygens (including phenoxy) is 4. The van der Waals surface area contributed by atoms with Crippen LogP contribution in [0, 0.1) is 18.3 Å². The van der Waals surface area contributed by atoms with Crippen molar-refractivity contribution in [2.75, 3.05) is 45.6 Å². The lowest BCUT2D eigenvalue weighted by Gasteiger charge is -2.28. The fourth-order valence-corrected chi connectivity index (χ4v) is 7.76. The molecule has 0 spiro atoms. The number of fused-ring (bicyclic) bond motifs is 1. The van der Waals surface area contributed by atoms with Crippen LogP contribution in [0.25, 0.3) is 10.9 Å². The maximum absolute atomic E-state index is 13.0. The molecule has 0 aliphatic carbocycles. The summed E-state index contributed by atoms with van der Waals surface area (Å²) in [6.45, 7) is 10.3. The molecule has 1 heterocycles. The van der Waals surface area contributed by atoms with Crippen LogP contribution in [0.2, 0.25) is 0 Å². The van der Waals surface area contributed by atoms with Gasteiger partial charge in [0.2, 0.25) is 0 Å². The molecule has 62 heavy (non-hydrogen) atoms. The summed E-state index contributed by atoms with van der Waals surface area (Å²) in [5.74, 6) is 1.38. The molecule has 13 nitrogen and oxygen atoms in total. The van der Waals surface area contributed by atoms with Crippen molar-refractivity contribution in [2.24, 2.45) is 7.05 Å². The minimum atomic E-state index is -0.620. The van der Waals surface area contributed by atoms with Gasteiger partial charge in [0.05, 0.1) is 45.4 Å². The lowest BCUT2D eigenvalue weighted by molar-refractivity contribution is 0.0940. The molecule has 0 bridgehead atoms. The number of nitrogens with zero attached hydrogens (tertiary/aromatic N) is 3. The Labute approximate surface area is 370 Å². The summed E-state index contributed by atoms with van der Waals surface area (Å²) >= 11 is 3.47. The minimum absolute atomic E-state index is 0.207. The molecule has 3 N–H and O–H groups in total. The smallest absolute Gasteiger partial charge is 0.272 e. The summed E-state index contributed by atoms with van der Waals surface area (Å²) in [7, 11) is 7.98. The molecule has 6 aromatic rings. The van der Waals surface area contributed by atoms with Gasteiger partial charge in [-0.1, -0.05) is 60.1 Å². The van der Waals surface area contributed by atoms with Crippen LogP contribution in [0.15, 0.2) is 102 Å². The third-order valence-electron chi connectivity index (χ3n) is 10.3. The summed E-state index contributed by atoms with van der Waals surface area (Å²) < 4.78 is 23.4. The Morgan fingerprint density at radius 1 is 0.694 bits per heavy atom. The summed E-state index contributed by atoms with van der Waals surface area (Å²) in [5.41, 5.74) is 5.52. The lowest BCUT2D eigenvalue weighted by Crippen LogP contribution is -2.37. The Balaban J connectivity index is 0.000000253. The van der Waals surface area contributed by atoms with Gasteiger partial charge in [-0.2, -0.15) is 10.4 Å². The number of para-hydroxylation sites is 1. The fourth-order valence-electron chi connectivity index (χ4n) is 6.88. The number of carbonyl (C=O) groups excluding carboxylic acids is 3. The molecule has 6 rings (SSSR count). The number of aromatic nitrogens is 2. The Morgan fingerprint density at radius 3 is 1.71 bits per heavy atom. The van der Waals surface area contributed by atoms with Gasteiger partial charge >= 0.3 is 0 Å². The first-order valence-corrected chi connectivity index (χ1v) is 20.3. The second-order valence-corrected chi connectivity index (χ2v) is 16.4. The zero-order chi connectivity index (χ0) is 45.4. The van der Waals surface area contributed by atoms with E-state index in [2.05, 4.69) is 56.9 Å². The summed E-state index contributed by atoms with van der Waals surface area (Å²) in [6, 6.07) is 31.1. The highest BCUT2D eigenvalue weighted by Crippen LogP contribution is 2.33. The van der Waals surface area contributed by atoms with Crippen molar-refractivity contribution in [3.05, 3.63) is 135 Å². The number of methoxy groups -OCH3 is 4. The van der Waals surface area contributed by atoms with Gasteiger partial charge < -0.3 is 34.9 Å². The van der Waals surface area contributed by atoms with Gasteiger partial charge in [0, 0.05) is 51.4 Å². The quantitative estimate of drug-likeness (QED) is 0.102. The normalized spacial score (nSPS) is 11.1. The van der Waals surface area contributed by atoms with Gasteiger partial charge in [-0.3, -0.25) is 19.1 Å². The van der Waals surface area contributed by atoms with E-state index in [1.54, 1.807) is 67.4 Å². The van der Waals surface area contributed by atoms with E-state index in [1.807, 2.05) is 76.3 Å². The highest BCUT2D eigenvalue weighted by Gasteiger charge is 2.26. The van der Waals surface area contributed by atoms with Gasteiger partial charge in [-0.25, -0.2) is 0 Å². The van der Waals surface area contributed by atoms with E-state index in [9.17, 15) is 19.6 Å².